The van der Waals surface area contributed by atoms with E-state index in [-0.39, 0.29) is 12.1 Å². The molecule has 0 radical (unpaired) electrons. The minimum absolute atomic E-state index is 0.108. The Labute approximate surface area is 140 Å². The van der Waals surface area contributed by atoms with Crippen LogP contribution in [0, 0.1) is 0 Å². The van der Waals surface area contributed by atoms with Crippen LogP contribution in [-0.4, -0.2) is 24.4 Å². The molecule has 1 N–H and O–H groups in total. The van der Waals surface area contributed by atoms with Gasteiger partial charge in [-0.3, -0.25) is 10.1 Å². The molecule has 0 amide bonds. The molecule has 0 saturated carbocycles. The quantitative estimate of drug-likeness (QED) is 0.156. The molecule has 0 aromatic heterocycles. The predicted molar refractivity (Wildman–Crippen MR) is 94.2 cm³/mol. The van der Waals surface area contributed by atoms with Gasteiger partial charge in [-0.2, -0.15) is 0 Å². The maximum Gasteiger partial charge on any atom is 0.305 e. The van der Waals surface area contributed by atoms with Crippen molar-refractivity contribution in [1.29, 1.82) is 0 Å². The van der Waals surface area contributed by atoms with E-state index in [2.05, 4.69) is 27.9 Å². The zero-order chi connectivity index (χ0) is 17.2. The zero-order valence-electron chi connectivity index (χ0n) is 14.6. The molecule has 0 aliphatic rings. The highest BCUT2D eigenvalue weighted by molar-refractivity contribution is 5.68. The first-order valence-electron chi connectivity index (χ1n) is 8.54. The van der Waals surface area contributed by atoms with E-state index in [1.807, 2.05) is 25.2 Å². The van der Waals surface area contributed by atoms with Gasteiger partial charge in [0.25, 0.3) is 0 Å². The Bertz CT molecular complexity index is 358. The molecule has 0 rings (SSSR count). The van der Waals surface area contributed by atoms with Gasteiger partial charge >= 0.3 is 5.97 Å². The van der Waals surface area contributed by atoms with Crippen molar-refractivity contribution in [2.45, 2.75) is 70.8 Å². The molecule has 1 atom stereocenters. The van der Waals surface area contributed by atoms with Gasteiger partial charge in [0, 0.05) is 6.42 Å². The van der Waals surface area contributed by atoms with Crippen molar-refractivity contribution in [2.24, 2.45) is 0 Å². The second kappa shape index (κ2) is 17.0. The largest absolute Gasteiger partial charge is 0.469 e. The second-order valence-electron chi connectivity index (χ2n) is 5.47. The summed E-state index contributed by atoms with van der Waals surface area (Å²) in [4.78, 5) is 15.2. The number of carbonyl (C=O) groups excluding carboxylic acids is 1. The normalized spacial score (nSPS) is 13.3. The summed E-state index contributed by atoms with van der Waals surface area (Å²) < 4.78 is 4.61. The van der Waals surface area contributed by atoms with Crippen LogP contribution in [0.5, 0.6) is 0 Å². The van der Waals surface area contributed by atoms with Crippen LogP contribution in [0.1, 0.15) is 64.7 Å². The maximum atomic E-state index is 10.9. The van der Waals surface area contributed by atoms with E-state index in [4.69, 9.17) is 5.26 Å². The average Bonchev–Trinajstić information content (AvgIpc) is 2.57. The van der Waals surface area contributed by atoms with Gasteiger partial charge in [-0.1, -0.05) is 55.7 Å². The Morgan fingerprint density at radius 1 is 1.04 bits per heavy atom. The third kappa shape index (κ3) is 15.3. The summed E-state index contributed by atoms with van der Waals surface area (Å²) in [5.74, 6) is -0.108. The van der Waals surface area contributed by atoms with Crippen LogP contribution in [0.25, 0.3) is 0 Å². The number of carbonyl (C=O) groups is 1. The van der Waals surface area contributed by atoms with E-state index in [0.29, 0.717) is 12.8 Å². The highest BCUT2D eigenvalue weighted by Crippen LogP contribution is 2.08. The van der Waals surface area contributed by atoms with E-state index in [1.54, 1.807) is 0 Å². The molecule has 0 spiro atoms. The number of esters is 1. The Balaban J connectivity index is 3.42. The van der Waals surface area contributed by atoms with Gasteiger partial charge in [0.1, 0.15) is 6.10 Å². The summed E-state index contributed by atoms with van der Waals surface area (Å²) in [5, 5.41) is 8.65. The highest BCUT2D eigenvalue weighted by atomic mass is 17.1. The van der Waals surface area contributed by atoms with Crippen molar-refractivity contribution >= 4 is 5.97 Å². The molecular formula is C19H32O4. The summed E-state index contributed by atoms with van der Waals surface area (Å²) in [6.45, 7) is 1.90. The lowest BCUT2D eigenvalue weighted by Gasteiger charge is -2.03. The predicted octanol–water partition coefficient (Wildman–Crippen LogP) is 5.22. The average molecular weight is 324 g/mol. The molecule has 0 fully saturated rings. The van der Waals surface area contributed by atoms with Crippen LogP contribution in [0.3, 0.4) is 0 Å². The first-order valence-corrected chi connectivity index (χ1v) is 8.54. The van der Waals surface area contributed by atoms with Gasteiger partial charge < -0.3 is 4.74 Å². The van der Waals surface area contributed by atoms with Gasteiger partial charge in [0.15, 0.2) is 0 Å². The molecule has 23 heavy (non-hydrogen) atoms. The van der Waals surface area contributed by atoms with Crippen molar-refractivity contribution in [3.8, 4) is 0 Å². The fourth-order valence-electron chi connectivity index (χ4n) is 2.15. The summed E-state index contributed by atoms with van der Waals surface area (Å²) in [6.07, 6.45) is 20.8. The second-order valence-corrected chi connectivity index (χ2v) is 5.47. The lowest BCUT2D eigenvalue weighted by molar-refractivity contribution is -0.264. The van der Waals surface area contributed by atoms with Crippen molar-refractivity contribution in [3.05, 3.63) is 36.5 Å². The first-order chi connectivity index (χ1) is 11.2. The van der Waals surface area contributed by atoms with Gasteiger partial charge in [-0.25, -0.2) is 4.89 Å². The SMILES string of the molecule is CC=CC(CC=CCC=CCCCCCCCC(=O)OC)OO. The number of allylic oxidation sites excluding steroid dienone is 4. The lowest BCUT2D eigenvalue weighted by Crippen LogP contribution is -2.04. The Hall–Kier alpha value is -1.39. The third-order valence-electron chi connectivity index (χ3n) is 3.50. The monoisotopic (exact) mass is 324 g/mol. The molecule has 0 aromatic rings. The maximum absolute atomic E-state index is 10.9. The van der Waals surface area contributed by atoms with Crippen LogP contribution in [-0.2, 0) is 14.4 Å². The van der Waals surface area contributed by atoms with Crippen molar-refractivity contribution in [2.75, 3.05) is 7.11 Å². The van der Waals surface area contributed by atoms with E-state index in [0.717, 1.165) is 25.7 Å². The zero-order valence-corrected chi connectivity index (χ0v) is 14.6. The topological polar surface area (TPSA) is 55.8 Å². The molecule has 0 aliphatic carbocycles. The summed E-state index contributed by atoms with van der Waals surface area (Å²) >= 11 is 0. The molecule has 4 nitrogen and oxygen atoms in total. The fourth-order valence-corrected chi connectivity index (χ4v) is 2.15. The number of rotatable bonds is 14. The minimum Gasteiger partial charge on any atom is -0.469 e. The van der Waals surface area contributed by atoms with E-state index in [9.17, 15) is 4.79 Å². The van der Waals surface area contributed by atoms with E-state index >= 15 is 0 Å². The van der Waals surface area contributed by atoms with Crippen molar-refractivity contribution in [3.63, 3.8) is 0 Å². The lowest BCUT2D eigenvalue weighted by atomic mass is 10.1. The molecular weight excluding hydrogens is 292 g/mol. The fraction of sp³-hybridized carbons (Fsp3) is 0.632. The molecule has 0 aliphatic heterocycles. The molecule has 0 heterocycles. The number of hydrogen-bond donors (Lipinski definition) is 1. The van der Waals surface area contributed by atoms with Gasteiger partial charge in [-0.15, -0.1) is 0 Å². The van der Waals surface area contributed by atoms with Crippen LogP contribution < -0.4 is 0 Å². The third-order valence-corrected chi connectivity index (χ3v) is 3.50. The van der Waals surface area contributed by atoms with Crippen LogP contribution in [0.4, 0.5) is 0 Å². The number of ether oxygens (including phenoxy) is 1. The molecule has 1 unspecified atom stereocenters. The number of unbranched alkanes of at least 4 members (excludes halogenated alkanes) is 5. The van der Waals surface area contributed by atoms with Crippen LogP contribution in [0.15, 0.2) is 36.5 Å². The van der Waals surface area contributed by atoms with Gasteiger partial charge in [-0.05, 0) is 39.0 Å². The van der Waals surface area contributed by atoms with E-state index < -0.39 is 0 Å². The Morgan fingerprint density at radius 2 is 1.74 bits per heavy atom. The summed E-state index contributed by atoms with van der Waals surface area (Å²) in [6, 6.07) is 0. The molecule has 132 valence electrons. The van der Waals surface area contributed by atoms with E-state index in [1.165, 1.54) is 26.4 Å². The minimum atomic E-state index is -0.251. The van der Waals surface area contributed by atoms with Crippen molar-refractivity contribution < 1.29 is 19.7 Å². The van der Waals surface area contributed by atoms with Crippen LogP contribution in [0.2, 0.25) is 0 Å². The highest BCUT2D eigenvalue weighted by Gasteiger charge is 1.99. The first kappa shape index (κ1) is 21.6. The molecule has 4 heteroatoms. The summed E-state index contributed by atoms with van der Waals surface area (Å²) in [7, 11) is 1.44. The van der Waals surface area contributed by atoms with Gasteiger partial charge in [0.05, 0.1) is 7.11 Å². The smallest absolute Gasteiger partial charge is 0.305 e. The molecule has 0 saturated heterocycles. The standard InChI is InChI=1S/C19H32O4/c1-3-15-18(23-21)16-13-11-9-7-5-4-6-8-10-12-14-17-19(20)22-2/h3,5,7,11,13,15,18,21H,4,6,8-10,12,14,16-17H2,1-2H3. The molecule has 0 aromatic carbocycles. The van der Waals surface area contributed by atoms with Crippen LogP contribution >= 0.6 is 0 Å². The Morgan fingerprint density at radius 3 is 2.43 bits per heavy atom. The number of hydrogen-bond acceptors (Lipinski definition) is 4. The van der Waals surface area contributed by atoms with Crippen molar-refractivity contribution in [1.82, 2.24) is 0 Å². The Kier molecular flexibility index (Phi) is 15.9. The van der Waals surface area contributed by atoms with Gasteiger partial charge in [0.2, 0.25) is 0 Å². The molecule has 0 bridgehead atoms. The summed E-state index contributed by atoms with van der Waals surface area (Å²) in [5.41, 5.74) is 0. The number of methoxy groups -OCH3 is 1.